The number of hydrogen-bond donors (Lipinski definition) is 0. The Hall–Kier alpha value is 1.14. The first-order chi connectivity index (χ1) is 8.22. The molecule has 0 aromatic rings. The number of thioether (sulfide) groups is 4. The SMILES string of the molecule is CC(C)SC(SC(C)C)=C(SC(C)C)SC(C)C. The highest BCUT2D eigenvalue weighted by atomic mass is 32.2. The van der Waals surface area contributed by atoms with Crippen molar-refractivity contribution in [1.82, 2.24) is 0 Å². The lowest BCUT2D eigenvalue weighted by Crippen LogP contribution is -1.97. The smallest absolute Gasteiger partial charge is 0.0607 e. The molecule has 108 valence electrons. The van der Waals surface area contributed by atoms with Crippen LogP contribution in [0.5, 0.6) is 0 Å². The van der Waals surface area contributed by atoms with Gasteiger partial charge in [0, 0.05) is 21.0 Å². The van der Waals surface area contributed by atoms with Crippen LogP contribution in [0.15, 0.2) is 8.47 Å². The van der Waals surface area contributed by atoms with Gasteiger partial charge < -0.3 is 0 Å². The predicted octanol–water partition coefficient (Wildman–Crippen LogP) is 6.68. The number of rotatable bonds is 8. The summed E-state index contributed by atoms with van der Waals surface area (Å²) in [4.78, 5) is 0. The molecular formula is C14H28S4. The normalized spacial score (nSPS) is 12.0. The van der Waals surface area contributed by atoms with Gasteiger partial charge in [-0.3, -0.25) is 0 Å². The largest absolute Gasteiger partial charge is 0.115 e. The molecule has 18 heavy (non-hydrogen) atoms. The highest BCUT2D eigenvalue weighted by molar-refractivity contribution is 8.28. The molecule has 0 atom stereocenters. The van der Waals surface area contributed by atoms with Crippen molar-refractivity contribution in [2.45, 2.75) is 76.4 Å². The third-order valence-corrected chi connectivity index (χ3v) is 6.77. The van der Waals surface area contributed by atoms with Crippen LogP contribution in [0, 0.1) is 0 Å². The maximum Gasteiger partial charge on any atom is 0.0607 e. The Labute approximate surface area is 131 Å². The second-order valence-corrected chi connectivity index (χ2v) is 12.1. The first kappa shape index (κ1) is 19.1. The first-order valence-electron chi connectivity index (χ1n) is 6.63. The molecule has 0 aromatic heterocycles. The van der Waals surface area contributed by atoms with E-state index in [1.165, 1.54) is 8.47 Å². The predicted molar refractivity (Wildman–Crippen MR) is 97.9 cm³/mol. The van der Waals surface area contributed by atoms with E-state index in [4.69, 9.17) is 0 Å². The minimum absolute atomic E-state index is 0.654. The highest BCUT2D eigenvalue weighted by Gasteiger charge is 2.16. The zero-order chi connectivity index (χ0) is 14.3. The lowest BCUT2D eigenvalue weighted by Gasteiger charge is -2.19. The molecule has 0 N–H and O–H groups in total. The van der Waals surface area contributed by atoms with E-state index in [1.807, 2.05) is 47.0 Å². The Balaban J connectivity index is 5.08. The van der Waals surface area contributed by atoms with Crippen molar-refractivity contribution in [3.05, 3.63) is 8.47 Å². The molecule has 0 saturated heterocycles. The number of hydrogen-bond acceptors (Lipinski definition) is 4. The van der Waals surface area contributed by atoms with Gasteiger partial charge in [-0.2, -0.15) is 0 Å². The fourth-order valence-corrected chi connectivity index (χ4v) is 7.11. The van der Waals surface area contributed by atoms with E-state index >= 15 is 0 Å². The zero-order valence-corrected chi connectivity index (χ0v) is 16.2. The summed E-state index contributed by atoms with van der Waals surface area (Å²) in [6, 6.07) is 0. The highest BCUT2D eigenvalue weighted by Crippen LogP contribution is 2.47. The average molecular weight is 325 g/mol. The molecule has 0 spiro atoms. The minimum atomic E-state index is 0.654. The zero-order valence-electron chi connectivity index (χ0n) is 12.9. The maximum absolute atomic E-state index is 2.28. The molecule has 0 amide bonds. The standard InChI is InChI=1S/C14H28S4/c1-9(2)15-13(16-10(3)4)14(17-11(5)6)18-12(7)8/h9-12H,1-8H3. The molecule has 0 radical (unpaired) electrons. The summed E-state index contributed by atoms with van der Waals surface area (Å²) in [5.74, 6) is 0. The van der Waals surface area contributed by atoms with Crippen molar-refractivity contribution in [3.8, 4) is 0 Å². The first-order valence-corrected chi connectivity index (χ1v) is 10.1. The van der Waals surface area contributed by atoms with Crippen molar-refractivity contribution < 1.29 is 0 Å². The van der Waals surface area contributed by atoms with Gasteiger partial charge >= 0.3 is 0 Å². The Morgan fingerprint density at radius 2 is 0.611 bits per heavy atom. The molecule has 0 rings (SSSR count). The van der Waals surface area contributed by atoms with Crippen LogP contribution in [0.2, 0.25) is 0 Å². The quantitative estimate of drug-likeness (QED) is 0.488. The van der Waals surface area contributed by atoms with Crippen LogP contribution >= 0.6 is 47.0 Å². The van der Waals surface area contributed by atoms with Crippen LogP contribution in [-0.4, -0.2) is 21.0 Å². The van der Waals surface area contributed by atoms with Crippen LogP contribution in [0.1, 0.15) is 55.4 Å². The summed E-state index contributed by atoms with van der Waals surface area (Å²) in [6.45, 7) is 18.2. The van der Waals surface area contributed by atoms with Crippen molar-refractivity contribution in [2.75, 3.05) is 0 Å². The van der Waals surface area contributed by atoms with E-state index in [0.29, 0.717) is 21.0 Å². The monoisotopic (exact) mass is 324 g/mol. The summed E-state index contributed by atoms with van der Waals surface area (Å²) in [7, 11) is 0. The van der Waals surface area contributed by atoms with Gasteiger partial charge in [0.05, 0.1) is 8.47 Å². The molecule has 0 aliphatic heterocycles. The lowest BCUT2D eigenvalue weighted by molar-refractivity contribution is 1.11. The minimum Gasteiger partial charge on any atom is -0.115 e. The summed E-state index contributed by atoms with van der Waals surface area (Å²) >= 11 is 8.08. The Bertz CT molecular complexity index is 205. The van der Waals surface area contributed by atoms with Gasteiger partial charge in [-0.05, 0) is 0 Å². The molecular weight excluding hydrogens is 296 g/mol. The summed E-state index contributed by atoms with van der Waals surface area (Å²) in [5.41, 5.74) is 0. The Kier molecular flexibility index (Phi) is 10.6. The van der Waals surface area contributed by atoms with Gasteiger partial charge in [0.2, 0.25) is 0 Å². The van der Waals surface area contributed by atoms with E-state index in [9.17, 15) is 0 Å². The fraction of sp³-hybridized carbons (Fsp3) is 0.857. The fourth-order valence-electron chi connectivity index (χ4n) is 1.10. The maximum atomic E-state index is 2.28. The topological polar surface area (TPSA) is 0 Å². The van der Waals surface area contributed by atoms with Crippen molar-refractivity contribution >= 4 is 47.0 Å². The molecule has 0 unspecified atom stereocenters. The van der Waals surface area contributed by atoms with Gasteiger partial charge in [0.1, 0.15) is 0 Å². The third-order valence-electron chi connectivity index (χ3n) is 1.54. The van der Waals surface area contributed by atoms with Gasteiger partial charge in [0.25, 0.3) is 0 Å². The molecule has 0 saturated carbocycles. The summed E-state index contributed by atoms with van der Waals surface area (Å²) < 4.78 is 3.05. The molecule has 0 aromatic carbocycles. The average Bonchev–Trinajstić information content (AvgIpc) is 2.12. The molecule has 0 heterocycles. The van der Waals surface area contributed by atoms with Crippen LogP contribution in [0.25, 0.3) is 0 Å². The Morgan fingerprint density at radius 3 is 0.722 bits per heavy atom. The summed E-state index contributed by atoms with van der Waals surface area (Å²) in [6.07, 6.45) is 0. The van der Waals surface area contributed by atoms with Crippen LogP contribution < -0.4 is 0 Å². The van der Waals surface area contributed by atoms with E-state index in [0.717, 1.165) is 0 Å². The van der Waals surface area contributed by atoms with E-state index in [2.05, 4.69) is 55.4 Å². The molecule has 0 aliphatic carbocycles. The Morgan fingerprint density at radius 1 is 0.444 bits per heavy atom. The van der Waals surface area contributed by atoms with Crippen molar-refractivity contribution in [2.24, 2.45) is 0 Å². The van der Waals surface area contributed by atoms with E-state index in [-0.39, 0.29) is 0 Å². The molecule has 0 aliphatic rings. The molecule has 4 heteroatoms. The van der Waals surface area contributed by atoms with E-state index in [1.54, 1.807) is 0 Å². The van der Waals surface area contributed by atoms with Crippen LogP contribution in [0.4, 0.5) is 0 Å². The third kappa shape index (κ3) is 9.99. The van der Waals surface area contributed by atoms with Crippen LogP contribution in [0.3, 0.4) is 0 Å². The molecule has 0 fully saturated rings. The van der Waals surface area contributed by atoms with Crippen molar-refractivity contribution in [1.29, 1.82) is 0 Å². The lowest BCUT2D eigenvalue weighted by atomic mass is 10.6. The van der Waals surface area contributed by atoms with Crippen LogP contribution in [-0.2, 0) is 0 Å². The van der Waals surface area contributed by atoms with Gasteiger partial charge in [0.15, 0.2) is 0 Å². The second-order valence-electron chi connectivity index (χ2n) is 5.24. The van der Waals surface area contributed by atoms with Crippen molar-refractivity contribution in [3.63, 3.8) is 0 Å². The van der Waals surface area contributed by atoms with Gasteiger partial charge in [-0.15, -0.1) is 47.0 Å². The molecule has 0 nitrogen and oxygen atoms in total. The van der Waals surface area contributed by atoms with Gasteiger partial charge in [-0.1, -0.05) is 55.4 Å². The summed E-state index contributed by atoms with van der Waals surface area (Å²) in [5, 5.41) is 2.62. The second kappa shape index (κ2) is 9.95. The van der Waals surface area contributed by atoms with E-state index < -0.39 is 0 Å². The molecule has 0 bridgehead atoms. The van der Waals surface area contributed by atoms with Gasteiger partial charge in [-0.25, -0.2) is 0 Å².